The fourth-order valence-corrected chi connectivity index (χ4v) is 3.29. The summed E-state index contributed by atoms with van der Waals surface area (Å²) in [6.07, 6.45) is 0. The smallest absolute Gasteiger partial charge is 0.251 e. The molecule has 0 aliphatic heterocycles. The third-order valence-corrected chi connectivity index (χ3v) is 6.77. The molecule has 1 aromatic carbocycles. The fraction of sp³-hybridized carbons (Fsp3) is 0.471. The highest BCUT2D eigenvalue weighted by molar-refractivity contribution is 7.92. The number of carbonyl (C=O) groups excluding carboxylic acids is 1. The Morgan fingerprint density at radius 2 is 1.87 bits per heavy atom. The quantitative estimate of drug-likeness (QED) is 0.901. The van der Waals surface area contributed by atoms with Crippen LogP contribution < -0.4 is 5.32 Å². The third kappa shape index (κ3) is 3.58. The second-order valence-electron chi connectivity index (χ2n) is 6.82. The Morgan fingerprint density at radius 1 is 1.22 bits per heavy atom. The molecule has 0 unspecified atom stereocenters. The number of hydrogen-bond acceptors (Lipinski definition) is 3. The van der Waals surface area contributed by atoms with Crippen LogP contribution in [0, 0.1) is 13.8 Å². The molecule has 0 radical (unpaired) electrons. The van der Waals surface area contributed by atoms with E-state index in [-0.39, 0.29) is 18.2 Å². The summed E-state index contributed by atoms with van der Waals surface area (Å²) < 4.78 is 23.3. The molecule has 0 atom stereocenters. The first kappa shape index (κ1) is 17.5. The van der Waals surface area contributed by atoms with E-state index >= 15 is 0 Å². The van der Waals surface area contributed by atoms with Gasteiger partial charge in [0.05, 0.1) is 10.5 Å². The van der Waals surface area contributed by atoms with Crippen molar-refractivity contribution in [2.45, 2.75) is 39.4 Å². The van der Waals surface area contributed by atoms with Gasteiger partial charge in [-0.05, 0) is 58.4 Å². The number of sulfone groups is 1. The third-order valence-electron chi connectivity index (χ3n) is 4.16. The van der Waals surface area contributed by atoms with Gasteiger partial charge in [-0.3, -0.25) is 4.79 Å². The van der Waals surface area contributed by atoms with Crippen molar-refractivity contribution >= 4 is 26.6 Å². The largest absolute Gasteiger partial charge is 0.358 e. The van der Waals surface area contributed by atoms with Gasteiger partial charge < -0.3 is 10.3 Å². The average molecular weight is 336 g/mol. The van der Waals surface area contributed by atoms with Crippen LogP contribution in [0.4, 0.5) is 0 Å². The zero-order chi connectivity index (χ0) is 17.4. The van der Waals surface area contributed by atoms with Crippen LogP contribution >= 0.6 is 0 Å². The van der Waals surface area contributed by atoms with Gasteiger partial charge in [-0.25, -0.2) is 8.42 Å². The van der Waals surface area contributed by atoms with E-state index in [1.807, 2.05) is 26.0 Å². The Hall–Kier alpha value is -1.82. The van der Waals surface area contributed by atoms with Crippen LogP contribution in [0.2, 0.25) is 0 Å². The lowest BCUT2D eigenvalue weighted by Gasteiger charge is -2.19. The van der Waals surface area contributed by atoms with Crippen LogP contribution in [-0.4, -0.2) is 36.4 Å². The minimum Gasteiger partial charge on any atom is -0.358 e. The van der Waals surface area contributed by atoms with E-state index in [1.165, 1.54) is 0 Å². The van der Waals surface area contributed by atoms with E-state index in [9.17, 15) is 13.2 Å². The Morgan fingerprint density at radius 3 is 2.48 bits per heavy atom. The molecule has 0 bridgehead atoms. The van der Waals surface area contributed by atoms with Crippen LogP contribution in [0.25, 0.3) is 10.9 Å². The summed E-state index contributed by atoms with van der Waals surface area (Å²) in [4.78, 5) is 15.5. The first-order valence-corrected chi connectivity index (χ1v) is 9.27. The molecule has 0 fully saturated rings. The first-order chi connectivity index (χ1) is 10.5. The van der Waals surface area contributed by atoms with Gasteiger partial charge in [-0.15, -0.1) is 0 Å². The molecule has 1 aromatic heterocycles. The number of nitrogens with one attached hydrogen (secondary N) is 2. The molecule has 1 amide bonds. The van der Waals surface area contributed by atoms with Gasteiger partial charge in [0.25, 0.3) is 5.91 Å². The van der Waals surface area contributed by atoms with Crippen LogP contribution in [0.1, 0.15) is 42.4 Å². The SMILES string of the molecule is Cc1[nH]c2ccc(C(=O)NCCS(=O)(=O)C(C)(C)C)cc2c1C. The predicted octanol–water partition coefficient (Wildman–Crippen LogP) is 2.73. The topological polar surface area (TPSA) is 79.0 Å². The van der Waals surface area contributed by atoms with Gasteiger partial charge >= 0.3 is 0 Å². The molecular formula is C17H24N2O3S. The molecule has 0 saturated carbocycles. The van der Waals surface area contributed by atoms with Crippen LogP contribution in [0.5, 0.6) is 0 Å². The zero-order valence-electron chi connectivity index (χ0n) is 14.3. The number of aromatic amines is 1. The molecule has 2 aromatic rings. The highest BCUT2D eigenvalue weighted by atomic mass is 32.2. The van der Waals surface area contributed by atoms with Crippen molar-refractivity contribution < 1.29 is 13.2 Å². The molecule has 0 saturated heterocycles. The summed E-state index contributed by atoms with van der Waals surface area (Å²) in [7, 11) is -3.23. The summed E-state index contributed by atoms with van der Waals surface area (Å²) in [5.74, 6) is -0.318. The van der Waals surface area contributed by atoms with Gasteiger partial charge in [0.2, 0.25) is 0 Å². The first-order valence-electron chi connectivity index (χ1n) is 7.62. The molecule has 2 rings (SSSR count). The van der Waals surface area contributed by atoms with Crippen LogP contribution in [-0.2, 0) is 9.84 Å². The molecule has 5 nitrogen and oxygen atoms in total. The fourth-order valence-electron chi connectivity index (χ4n) is 2.31. The van der Waals surface area contributed by atoms with E-state index in [0.29, 0.717) is 5.56 Å². The number of benzene rings is 1. The molecule has 2 N–H and O–H groups in total. The summed E-state index contributed by atoms with van der Waals surface area (Å²) in [5.41, 5.74) is 3.72. The maximum Gasteiger partial charge on any atom is 0.251 e. The zero-order valence-corrected chi connectivity index (χ0v) is 15.1. The number of H-pyrrole nitrogens is 1. The van der Waals surface area contributed by atoms with Crippen molar-refractivity contribution in [2.24, 2.45) is 0 Å². The Kier molecular flexibility index (Phi) is 4.57. The van der Waals surface area contributed by atoms with Crippen molar-refractivity contribution in [3.8, 4) is 0 Å². The Balaban J connectivity index is 2.08. The van der Waals surface area contributed by atoms with Gasteiger partial charge in [-0.2, -0.15) is 0 Å². The summed E-state index contributed by atoms with van der Waals surface area (Å²) in [5, 5.41) is 3.70. The van der Waals surface area contributed by atoms with E-state index in [4.69, 9.17) is 0 Å². The van der Waals surface area contributed by atoms with E-state index in [0.717, 1.165) is 22.2 Å². The normalized spacial score (nSPS) is 12.6. The van der Waals surface area contributed by atoms with E-state index < -0.39 is 14.6 Å². The monoisotopic (exact) mass is 336 g/mol. The summed E-state index contributed by atoms with van der Waals surface area (Å²) in [6.45, 7) is 9.10. The second kappa shape index (κ2) is 6.00. The van der Waals surface area contributed by atoms with Crippen molar-refractivity contribution in [2.75, 3.05) is 12.3 Å². The van der Waals surface area contributed by atoms with Gasteiger partial charge in [0.1, 0.15) is 0 Å². The van der Waals surface area contributed by atoms with E-state index in [2.05, 4.69) is 10.3 Å². The number of aromatic nitrogens is 1. The summed E-state index contributed by atoms with van der Waals surface area (Å²) >= 11 is 0. The second-order valence-corrected chi connectivity index (χ2v) is 9.68. The maximum atomic E-state index is 12.2. The molecule has 6 heteroatoms. The molecule has 1 heterocycles. The van der Waals surface area contributed by atoms with Gasteiger partial charge in [-0.1, -0.05) is 0 Å². The molecule has 126 valence electrons. The van der Waals surface area contributed by atoms with Crippen molar-refractivity contribution in [3.63, 3.8) is 0 Å². The van der Waals surface area contributed by atoms with Crippen molar-refractivity contribution in [1.82, 2.24) is 10.3 Å². The average Bonchev–Trinajstić information content (AvgIpc) is 2.72. The lowest BCUT2D eigenvalue weighted by atomic mass is 10.1. The van der Waals surface area contributed by atoms with Crippen molar-refractivity contribution in [1.29, 1.82) is 0 Å². The van der Waals surface area contributed by atoms with Gasteiger partial charge in [0, 0.05) is 28.7 Å². The standard InChI is InChI=1S/C17H24N2O3S/c1-11-12(2)19-15-7-6-13(10-14(11)15)16(20)18-8-9-23(21,22)17(3,4)5/h6-7,10,19H,8-9H2,1-5H3,(H,18,20). The lowest BCUT2D eigenvalue weighted by molar-refractivity contribution is 0.0956. The van der Waals surface area contributed by atoms with E-state index in [1.54, 1.807) is 26.8 Å². The van der Waals surface area contributed by atoms with Gasteiger partial charge in [0.15, 0.2) is 9.84 Å². The molecular weight excluding hydrogens is 312 g/mol. The molecule has 23 heavy (non-hydrogen) atoms. The minimum absolute atomic E-state index is 0.0627. The predicted molar refractivity (Wildman–Crippen MR) is 93.6 cm³/mol. The summed E-state index contributed by atoms with van der Waals surface area (Å²) in [6, 6.07) is 5.45. The van der Waals surface area contributed by atoms with Crippen molar-refractivity contribution in [3.05, 3.63) is 35.0 Å². The highest BCUT2D eigenvalue weighted by Gasteiger charge is 2.28. The maximum absolute atomic E-state index is 12.2. The number of hydrogen-bond donors (Lipinski definition) is 2. The Labute approximate surface area is 137 Å². The number of fused-ring (bicyclic) bond motifs is 1. The van der Waals surface area contributed by atoms with Crippen LogP contribution in [0.3, 0.4) is 0 Å². The number of carbonyl (C=O) groups is 1. The number of amides is 1. The molecule has 0 aliphatic carbocycles. The number of aryl methyl sites for hydroxylation is 2. The molecule has 0 aliphatic rings. The minimum atomic E-state index is -3.23. The highest BCUT2D eigenvalue weighted by Crippen LogP contribution is 2.22. The molecule has 0 spiro atoms. The lowest BCUT2D eigenvalue weighted by Crippen LogP contribution is -2.36. The number of rotatable bonds is 4. The Bertz CT molecular complexity index is 843. The van der Waals surface area contributed by atoms with Crippen LogP contribution in [0.15, 0.2) is 18.2 Å².